The summed E-state index contributed by atoms with van der Waals surface area (Å²) < 4.78 is 1.90. The minimum atomic E-state index is 0.175. The average molecular weight is 320 g/mol. The van der Waals surface area contributed by atoms with E-state index < -0.39 is 0 Å². The molecule has 0 bridgehead atoms. The Kier molecular flexibility index (Phi) is 4.23. The van der Waals surface area contributed by atoms with Crippen LogP contribution in [-0.2, 0) is 7.05 Å². The maximum Gasteiger partial charge on any atom is 0.264 e. The Morgan fingerprint density at radius 1 is 1.55 bits per heavy atom. The molecule has 1 fully saturated rings. The largest absolute Gasteiger partial charge is 0.334 e. The van der Waals surface area contributed by atoms with Gasteiger partial charge in [0.05, 0.1) is 10.6 Å². The zero-order chi connectivity index (χ0) is 15.9. The van der Waals surface area contributed by atoms with Gasteiger partial charge in [0.25, 0.3) is 5.91 Å². The number of carbonyl (C=O) groups is 1. The number of carbonyl (C=O) groups excluding carboxylic acids is 1. The summed E-state index contributed by atoms with van der Waals surface area (Å²) in [6, 6.07) is 2.37. The van der Waals surface area contributed by atoms with Gasteiger partial charge in [-0.15, -0.1) is 11.3 Å². The molecule has 5 nitrogen and oxygen atoms in total. The zero-order valence-corrected chi connectivity index (χ0v) is 14.5. The summed E-state index contributed by atoms with van der Waals surface area (Å²) in [5.41, 5.74) is 1.08. The number of amides is 1. The van der Waals surface area contributed by atoms with Crippen LogP contribution in [0.1, 0.15) is 48.0 Å². The molecule has 3 heterocycles. The van der Waals surface area contributed by atoms with Crippen molar-refractivity contribution < 1.29 is 4.79 Å². The Morgan fingerprint density at radius 2 is 2.32 bits per heavy atom. The molecule has 0 aliphatic carbocycles. The van der Waals surface area contributed by atoms with Gasteiger partial charge in [-0.3, -0.25) is 9.48 Å². The maximum absolute atomic E-state index is 12.9. The first-order chi connectivity index (χ1) is 10.5. The molecule has 0 saturated carbocycles. The fourth-order valence-corrected chi connectivity index (χ4v) is 4.33. The number of nitrogens with one attached hydrogen (secondary N) is 1. The highest BCUT2D eigenvalue weighted by atomic mass is 32.1. The van der Waals surface area contributed by atoms with Gasteiger partial charge >= 0.3 is 0 Å². The van der Waals surface area contributed by atoms with Crippen molar-refractivity contribution in [3.8, 4) is 0 Å². The number of thiophene rings is 1. The minimum absolute atomic E-state index is 0.175. The molecule has 1 saturated heterocycles. The van der Waals surface area contributed by atoms with Gasteiger partial charge in [-0.25, -0.2) is 0 Å². The third-order valence-corrected chi connectivity index (χ3v) is 5.57. The molecule has 3 rings (SSSR count). The van der Waals surface area contributed by atoms with Crippen molar-refractivity contribution in [1.82, 2.24) is 20.0 Å². The SMILES string of the molecule is CNCC1CCCN1C(=O)c1cc2c(C(C)C)nn(C)c2s1. The lowest BCUT2D eigenvalue weighted by atomic mass is 10.1. The first-order valence-corrected chi connectivity index (χ1v) is 8.76. The molecule has 1 aliphatic heterocycles. The number of rotatable bonds is 4. The van der Waals surface area contributed by atoms with Gasteiger partial charge in [0, 0.05) is 31.6 Å². The van der Waals surface area contributed by atoms with Gasteiger partial charge in [-0.1, -0.05) is 13.8 Å². The van der Waals surface area contributed by atoms with Gasteiger partial charge in [0.1, 0.15) is 4.83 Å². The van der Waals surface area contributed by atoms with E-state index in [1.165, 1.54) is 0 Å². The Hall–Kier alpha value is -1.40. The first-order valence-electron chi connectivity index (χ1n) is 7.95. The van der Waals surface area contributed by atoms with Crippen LogP contribution in [0.3, 0.4) is 0 Å². The third-order valence-electron chi connectivity index (χ3n) is 4.38. The van der Waals surface area contributed by atoms with Crippen LogP contribution < -0.4 is 5.32 Å². The lowest BCUT2D eigenvalue weighted by molar-refractivity contribution is 0.0742. The van der Waals surface area contributed by atoms with Gasteiger partial charge in [-0.05, 0) is 31.9 Å². The van der Waals surface area contributed by atoms with Crippen molar-refractivity contribution >= 4 is 27.5 Å². The Morgan fingerprint density at radius 3 is 3.00 bits per heavy atom. The summed E-state index contributed by atoms with van der Waals surface area (Å²) in [6.07, 6.45) is 2.19. The van der Waals surface area contributed by atoms with E-state index in [4.69, 9.17) is 0 Å². The second-order valence-corrected chi connectivity index (χ2v) is 7.38. The molecule has 1 aliphatic rings. The molecule has 0 spiro atoms. The van der Waals surface area contributed by atoms with Gasteiger partial charge in [-0.2, -0.15) is 5.10 Å². The summed E-state index contributed by atoms with van der Waals surface area (Å²) in [4.78, 5) is 16.8. The lowest BCUT2D eigenvalue weighted by Gasteiger charge is -2.23. The molecule has 120 valence electrons. The highest BCUT2D eigenvalue weighted by Gasteiger charge is 2.30. The Labute approximate surface area is 135 Å². The van der Waals surface area contributed by atoms with Crippen LogP contribution in [-0.4, -0.2) is 46.8 Å². The van der Waals surface area contributed by atoms with Crippen LogP contribution in [0.15, 0.2) is 6.07 Å². The molecule has 1 N–H and O–H groups in total. The smallest absolute Gasteiger partial charge is 0.264 e. The fourth-order valence-electron chi connectivity index (χ4n) is 3.29. The number of nitrogens with zero attached hydrogens (tertiary/aromatic N) is 3. The van der Waals surface area contributed by atoms with Crippen LogP contribution in [0.2, 0.25) is 0 Å². The second-order valence-electron chi connectivity index (χ2n) is 6.35. The van der Waals surface area contributed by atoms with E-state index in [0.29, 0.717) is 12.0 Å². The van der Waals surface area contributed by atoms with Crippen LogP contribution in [0.25, 0.3) is 10.2 Å². The number of fused-ring (bicyclic) bond motifs is 1. The number of hydrogen-bond acceptors (Lipinski definition) is 4. The number of likely N-dealkylation sites (N-methyl/N-ethyl adjacent to an activating group) is 1. The van der Waals surface area contributed by atoms with E-state index in [9.17, 15) is 4.79 Å². The van der Waals surface area contributed by atoms with Crippen molar-refractivity contribution in [2.45, 2.75) is 38.6 Å². The standard InChI is InChI=1S/C16H24N4OS/c1-10(2)14-12-8-13(22-16(12)19(4)18-14)15(21)20-7-5-6-11(20)9-17-3/h8,10-11,17H,5-7,9H2,1-4H3. The fraction of sp³-hybridized carbons (Fsp3) is 0.625. The summed E-state index contributed by atoms with van der Waals surface area (Å²) in [7, 11) is 3.90. The van der Waals surface area contributed by atoms with E-state index in [1.807, 2.05) is 29.7 Å². The number of aryl methyl sites for hydroxylation is 1. The van der Waals surface area contributed by atoms with Crippen molar-refractivity contribution in [1.29, 1.82) is 0 Å². The van der Waals surface area contributed by atoms with E-state index in [2.05, 4.69) is 24.3 Å². The molecule has 0 radical (unpaired) electrons. The van der Waals surface area contributed by atoms with Gasteiger partial charge < -0.3 is 10.2 Å². The number of likely N-dealkylation sites (tertiary alicyclic amines) is 1. The predicted molar refractivity (Wildman–Crippen MR) is 90.7 cm³/mol. The number of hydrogen-bond donors (Lipinski definition) is 1. The van der Waals surface area contributed by atoms with Crippen molar-refractivity contribution in [2.24, 2.45) is 7.05 Å². The summed E-state index contributed by atoms with van der Waals surface area (Å²) in [6.45, 7) is 6.03. The maximum atomic E-state index is 12.9. The van der Waals surface area contributed by atoms with Crippen molar-refractivity contribution in [2.75, 3.05) is 20.1 Å². The van der Waals surface area contributed by atoms with E-state index >= 15 is 0 Å². The first kappa shape index (κ1) is 15.5. The highest BCUT2D eigenvalue weighted by Crippen LogP contribution is 2.33. The molecule has 1 unspecified atom stereocenters. The van der Waals surface area contributed by atoms with Crippen molar-refractivity contribution in [3.63, 3.8) is 0 Å². The summed E-state index contributed by atoms with van der Waals surface area (Å²) in [5.74, 6) is 0.540. The molecule has 1 atom stereocenters. The van der Waals surface area contributed by atoms with E-state index in [1.54, 1.807) is 11.3 Å². The zero-order valence-electron chi connectivity index (χ0n) is 13.7. The van der Waals surface area contributed by atoms with Crippen molar-refractivity contribution in [3.05, 3.63) is 16.6 Å². The lowest BCUT2D eigenvalue weighted by Crippen LogP contribution is -2.40. The molecule has 0 aromatic carbocycles. The number of aromatic nitrogens is 2. The van der Waals surface area contributed by atoms with Gasteiger partial charge in [0.2, 0.25) is 0 Å². The quantitative estimate of drug-likeness (QED) is 0.942. The van der Waals surface area contributed by atoms with Crippen LogP contribution >= 0.6 is 11.3 Å². The molecule has 2 aromatic rings. The normalized spacial score (nSPS) is 18.8. The Balaban J connectivity index is 1.93. The van der Waals surface area contributed by atoms with Crippen LogP contribution in [0.5, 0.6) is 0 Å². The average Bonchev–Trinajstić information content (AvgIpc) is 3.15. The predicted octanol–water partition coefficient (Wildman–Crippen LogP) is 2.58. The van der Waals surface area contributed by atoms with Crippen LogP contribution in [0, 0.1) is 0 Å². The Bertz CT molecular complexity index is 688. The molecule has 6 heteroatoms. The molecular weight excluding hydrogens is 296 g/mol. The summed E-state index contributed by atoms with van der Waals surface area (Å²) in [5, 5.41) is 8.91. The second kappa shape index (κ2) is 6.01. The minimum Gasteiger partial charge on any atom is -0.334 e. The highest BCUT2D eigenvalue weighted by molar-refractivity contribution is 7.20. The monoisotopic (exact) mass is 320 g/mol. The molecule has 22 heavy (non-hydrogen) atoms. The third kappa shape index (κ3) is 2.54. The molecular formula is C16H24N4OS. The summed E-state index contributed by atoms with van der Waals surface area (Å²) >= 11 is 1.57. The van der Waals surface area contributed by atoms with E-state index in [0.717, 1.165) is 46.7 Å². The van der Waals surface area contributed by atoms with Gasteiger partial charge in [0.15, 0.2) is 0 Å². The van der Waals surface area contributed by atoms with Crippen LogP contribution in [0.4, 0.5) is 0 Å². The molecule has 1 amide bonds. The van der Waals surface area contributed by atoms with E-state index in [-0.39, 0.29) is 5.91 Å². The molecule has 2 aromatic heterocycles. The topological polar surface area (TPSA) is 50.2 Å².